The molecule has 1 unspecified atom stereocenters. The molecule has 13 heavy (non-hydrogen) atoms. The number of hydrogen-bond donors (Lipinski definition) is 0. The van der Waals surface area contributed by atoms with Gasteiger partial charge in [0, 0.05) is 6.42 Å². The lowest BCUT2D eigenvalue weighted by atomic mass is 9.94. The van der Waals surface area contributed by atoms with Crippen LogP contribution in [0.1, 0.15) is 35.4 Å². The molecule has 0 amide bonds. The zero-order valence-corrected chi connectivity index (χ0v) is 7.92. The van der Waals surface area contributed by atoms with E-state index in [2.05, 4.69) is 25.1 Å². The molecule has 1 heteroatoms. The minimum absolute atomic E-state index is 0.494. The van der Waals surface area contributed by atoms with Crippen molar-refractivity contribution in [1.29, 1.82) is 0 Å². The molecule has 0 radical (unpaired) electrons. The van der Waals surface area contributed by atoms with Gasteiger partial charge in [-0.1, -0.05) is 18.2 Å². The van der Waals surface area contributed by atoms with Crippen molar-refractivity contribution in [2.75, 3.05) is 0 Å². The van der Waals surface area contributed by atoms with Crippen LogP contribution in [0.25, 0.3) is 0 Å². The predicted octanol–water partition coefficient (Wildman–Crippen LogP) is 2.61. The van der Waals surface area contributed by atoms with Gasteiger partial charge in [0.05, 0.1) is 0 Å². The Bertz CT molecular complexity index is 328. The van der Waals surface area contributed by atoms with Crippen molar-refractivity contribution in [3.05, 3.63) is 34.9 Å². The van der Waals surface area contributed by atoms with E-state index in [4.69, 9.17) is 0 Å². The standard InChI is InChI=1S/C12H14O/c1-9-3-2-4-10-5-6-11(7-8-13)12(9)10/h2-4,8,11H,5-7H2,1H3. The number of hydrogen-bond acceptors (Lipinski definition) is 1. The fourth-order valence-corrected chi connectivity index (χ4v) is 2.37. The van der Waals surface area contributed by atoms with Crippen molar-refractivity contribution in [1.82, 2.24) is 0 Å². The third kappa shape index (κ3) is 1.39. The van der Waals surface area contributed by atoms with Gasteiger partial charge in [0.2, 0.25) is 0 Å². The van der Waals surface area contributed by atoms with Crippen LogP contribution in [0.15, 0.2) is 18.2 Å². The summed E-state index contributed by atoms with van der Waals surface area (Å²) in [6.45, 7) is 2.14. The molecular formula is C12H14O. The molecule has 1 atom stereocenters. The minimum Gasteiger partial charge on any atom is -0.303 e. The van der Waals surface area contributed by atoms with Crippen LogP contribution < -0.4 is 0 Å². The molecule has 0 spiro atoms. The number of benzene rings is 1. The van der Waals surface area contributed by atoms with Crippen molar-refractivity contribution in [2.24, 2.45) is 0 Å². The monoisotopic (exact) mass is 174 g/mol. The summed E-state index contributed by atoms with van der Waals surface area (Å²) in [6.07, 6.45) is 4.04. The summed E-state index contributed by atoms with van der Waals surface area (Å²) in [5.74, 6) is 0.494. The molecule has 0 aliphatic heterocycles. The van der Waals surface area contributed by atoms with Crippen LogP contribution in [0.3, 0.4) is 0 Å². The highest BCUT2D eigenvalue weighted by atomic mass is 16.1. The summed E-state index contributed by atoms with van der Waals surface area (Å²) in [5, 5.41) is 0. The van der Waals surface area contributed by atoms with Gasteiger partial charge in [-0.15, -0.1) is 0 Å². The molecule has 1 aliphatic carbocycles. The Hall–Kier alpha value is -1.11. The van der Waals surface area contributed by atoms with Crippen LogP contribution in [0, 0.1) is 6.92 Å². The van der Waals surface area contributed by atoms with Crippen molar-refractivity contribution in [3.8, 4) is 0 Å². The number of rotatable bonds is 2. The van der Waals surface area contributed by atoms with Crippen LogP contribution in [0.4, 0.5) is 0 Å². The number of fused-ring (bicyclic) bond motifs is 1. The van der Waals surface area contributed by atoms with E-state index in [1.165, 1.54) is 16.7 Å². The van der Waals surface area contributed by atoms with Crippen molar-refractivity contribution in [3.63, 3.8) is 0 Å². The zero-order chi connectivity index (χ0) is 9.26. The smallest absolute Gasteiger partial charge is 0.120 e. The Morgan fingerprint density at radius 1 is 1.54 bits per heavy atom. The fraction of sp³-hybridized carbons (Fsp3) is 0.417. The van der Waals surface area contributed by atoms with Gasteiger partial charge in [-0.3, -0.25) is 0 Å². The number of carbonyl (C=O) groups is 1. The normalized spacial score (nSPS) is 19.9. The third-order valence-electron chi connectivity index (χ3n) is 2.97. The summed E-state index contributed by atoms with van der Waals surface area (Å²) in [7, 11) is 0. The van der Waals surface area contributed by atoms with E-state index in [1.807, 2.05) is 0 Å². The Kier molecular flexibility index (Phi) is 2.17. The molecular weight excluding hydrogens is 160 g/mol. The van der Waals surface area contributed by atoms with Crippen molar-refractivity contribution in [2.45, 2.75) is 32.1 Å². The average molecular weight is 174 g/mol. The summed E-state index contributed by atoms with van der Waals surface area (Å²) >= 11 is 0. The van der Waals surface area contributed by atoms with Crippen LogP contribution in [-0.2, 0) is 11.2 Å². The van der Waals surface area contributed by atoms with E-state index in [0.29, 0.717) is 12.3 Å². The van der Waals surface area contributed by atoms with Gasteiger partial charge in [0.1, 0.15) is 6.29 Å². The largest absolute Gasteiger partial charge is 0.303 e. The predicted molar refractivity (Wildman–Crippen MR) is 52.9 cm³/mol. The van der Waals surface area contributed by atoms with E-state index in [-0.39, 0.29) is 0 Å². The molecule has 0 aromatic heterocycles. The number of carbonyl (C=O) groups excluding carboxylic acids is 1. The maximum atomic E-state index is 10.5. The Balaban J connectivity index is 2.39. The van der Waals surface area contributed by atoms with E-state index in [1.54, 1.807) is 0 Å². The third-order valence-corrected chi connectivity index (χ3v) is 2.97. The molecule has 0 fully saturated rings. The van der Waals surface area contributed by atoms with Gasteiger partial charge < -0.3 is 4.79 Å². The van der Waals surface area contributed by atoms with Gasteiger partial charge in [-0.2, -0.15) is 0 Å². The summed E-state index contributed by atoms with van der Waals surface area (Å²) in [5.41, 5.74) is 4.24. The van der Waals surface area contributed by atoms with Crippen molar-refractivity contribution < 1.29 is 4.79 Å². The van der Waals surface area contributed by atoms with Crippen LogP contribution in [-0.4, -0.2) is 6.29 Å². The van der Waals surface area contributed by atoms with E-state index >= 15 is 0 Å². The van der Waals surface area contributed by atoms with Gasteiger partial charge in [0.15, 0.2) is 0 Å². The summed E-state index contributed by atoms with van der Waals surface area (Å²) in [4.78, 5) is 10.5. The minimum atomic E-state index is 0.494. The highest BCUT2D eigenvalue weighted by Gasteiger charge is 2.22. The first-order valence-corrected chi connectivity index (χ1v) is 4.85. The summed E-state index contributed by atoms with van der Waals surface area (Å²) < 4.78 is 0. The lowest BCUT2D eigenvalue weighted by molar-refractivity contribution is -0.108. The van der Waals surface area contributed by atoms with E-state index in [9.17, 15) is 4.79 Å². The highest BCUT2D eigenvalue weighted by Crippen LogP contribution is 2.36. The Morgan fingerprint density at radius 3 is 3.15 bits per heavy atom. The molecule has 0 heterocycles. The second-order valence-corrected chi connectivity index (χ2v) is 3.79. The molecule has 1 aromatic rings. The highest BCUT2D eigenvalue weighted by molar-refractivity contribution is 5.54. The van der Waals surface area contributed by atoms with Gasteiger partial charge >= 0.3 is 0 Å². The maximum Gasteiger partial charge on any atom is 0.120 e. The quantitative estimate of drug-likeness (QED) is 0.630. The molecule has 0 saturated carbocycles. The molecule has 0 N–H and O–H groups in total. The first-order valence-electron chi connectivity index (χ1n) is 4.85. The zero-order valence-electron chi connectivity index (χ0n) is 7.92. The van der Waals surface area contributed by atoms with Crippen molar-refractivity contribution >= 4 is 6.29 Å². The molecule has 1 aromatic carbocycles. The second-order valence-electron chi connectivity index (χ2n) is 3.79. The Labute approximate surface area is 78.8 Å². The fourth-order valence-electron chi connectivity index (χ4n) is 2.37. The molecule has 1 nitrogen and oxygen atoms in total. The van der Waals surface area contributed by atoms with Crippen LogP contribution in [0.2, 0.25) is 0 Å². The van der Waals surface area contributed by atoms with Gasteiger partial charge in [-0.25, -0.2) is 0 Å². The lowest BCUT2D eigenvalue weighted by Gasteiger charge is -2.10. The van der Waals surface area contributed by atoms with Crippen LogP contribution >= 0.6 is 0 Å². The summed E-state index contributed by atoms with van der Waals surface area (Å²) in [6, 6.07) is 6.44. The number of aldehydes is 1. The molecule has 68 valence electrons. The molecule has 0 bridgehead atoms. The molecule has 2 rings (SSSR count). The lowest BCUT2D eigenvalue weighted by Crippen LogP contribution is -1.96. The first-order chi connectivity index (χ1) is 6.33. The van der Waals surface area contributed by atoms with Gasteiger partial charge in [-0.05, 0) is 42.4 Å². The SMILES string of the molecule is Cc1cccc2c1C(CC=O)CC2. The van der Waals surface area contributed by atoms with Crippen LogP contribution in [0.5, 0.6) is 0 Å². The first kappa shape index (κ1) is 8.49. The van der Waals surface area contributed by atoms with E-state index < -0.39 is 0 Å². The topological polar surface area (TPSA) is 17.1 Å². The Morgan fingerprint density at radius 2 is 2.38 bits per heavy atom. The second kappa shape index (κ2) is 3.33. The maximum absolute atomic E-state index is 10.5. The molecule has 1 aliphatic rings. The average Bonchev–Trinajstić information content (AvgIpc) is 2.51. The van der Waals surface area contributed by atoms with E-state index in [0.717, 1.165) is 19.1 Å². The van der Waals surface area contributed by atoms with Gasteiger partial charge in [0.25, 0.3) is 0 Å². The number of aryl methyl sites for hydroxylation is 2. The molecule has 0 saturated heterocycles.